The summed E-state index contributed by atoms with van der Waals surface area (Å²) in [6.07, 6.45) is 3.48. The molecule has 0 saturated heterocycles. The topological polar surface area (TPSA) is 24.9 Å². The Hall–Kier alpha value is -1.39. The third-order valence-corrected chi connectivity index (χ3v) is 3.84. The summed E-state index contributed by atoms with van der Waals surface area (Å²) in [5.74, 6) is -0.170. The second kappa shape index (κ2) is 5.98. The maximum atomic E-state index is 13.9. The summed E-state index contributed by atoms with van der Waals surface area (Å²) < 4.78 is 13.9. The summed E-state index contributed by atoms with van der Waals surface area (Å²) >= 11 is 1.55. The predicted octanol–water partition coefficient (Wildman–Crippen LogP) is 3.65. The van der Waals surface area contributed by atoms with Crippen molar-refractivity contribution in [3.63, 3.8) is 0 Å². The molecule has 94 valence electrons. The molecule has 0 aliphatic heterocycles. The maximum absolute atomic E-state index is 13.9. The summed E-state index contributed by atoms with van der Waals surface area (Å²) in [7, 11) is 1.83. The number of hydrogen-bond acceptors (Lipinski definition) is 3. The zero-order chi connectivity index (χ0) is 13.0. The second-order valence-electron chi connectivity index (χ2n) is 3.95. The highest BCUT2D eigenvalue weighted by Gasteiger charge is 2.14. The number of hydrogen-bond donors (Lipinski definition) is 1. The second-order valence-corrected chi connectivity index (χ2v) is 5.06. The van der Waals surface area contributed by atoms with Crippen LogP contribution < -0.4 is 5.32 Å². The lowest BCUT2D eigenvalue weighted by Gasteiger charge is -2.16. The molecule has 4 heteroatoms. The van der Waals surface area contributed by atoms with E-state index in [9.17, 15) is 4.39 Å². The summed E-state index contributed by atoms with van der Waals surface area (Å²) in [6.45, 7) is 1.95. The predicted molar refractivity (Wildman–Crippen MR) is 72.2 cm³/mol. The quantitative estimate of drug-likeness (QED) is 0.910. The van der Waals surface area contributed by atoms with Crippen molar-refractivity contribution in [1.29, 1.82) is 0 Å². The molecule has 0 aliphatic carbocycles. The molecule has 0 bridgehead atoms. The molecule has 0 saturated carbocycles. The van der Waals surface area contributed by atoms with Crippen LogP contribution in [0.15, 0.2) is 52.5 Å². The number of aromatic nitrogens is 1. The molecule has 1 N–H and O–H groups in total. The summed E-state index contributed by atoms with van der Waals surface area (Å²) in [5, 5.41) is 3.08. The lowest BCUT2D eigenvalue weighted by Crippen LogP contribution is -2.14. The van der Waals surface area contributed by atoms with E-state index in [4.69, 9.17) is 0 Å². The van der Waals surface area contributed by atoms with Gasteiger partial charge in [0.1, 0.15) is 5.82 Å². The van der Waals surface area contributed by atoms with Crippen molar-refractivity contribution in [2.75, 3.05) is 7.05 Å². The first kappa shape index (κ1) is 13.1. The fourth-order valence-corrected chi connectivity index (χ4v) is 2.75. The van der Waals surface area contributed by atoms with E-state index in [-0.39, 0.29) is 11.9 Å². The Balaban J connectivity index is 2.36. The fraction of sp³-hybridized carbons (Fsp3) is 0.214. The molecule has 2 rings (SSSR count). The molecule has 0 fully saturated rings. The van der Waals surface area contributed by atoms with E-state index in [1.807, 2.05) is 32.2 Å². The number of rotatable bonds is 4. The molecule has 2 nitrogen and oxygen atoms in total. The third kappa shape index (κ3) is 2.89. The van der Waals surface area contributed by atoms with Gasteiger partial charge >= 0.3 is 0 Å². The monoisotopic (exact) mass is 262 g/mol. The van der Waals surface area contributed by atoms with E-state index in [1.54, 1.807) is 30.2 Å². The smallest absolute Gasteiger partial charge is 0.129 e. The van der Waals surface area contributed by atoms with Crippen LogP contribution >= 0.6 is 11.8 Å². The first-order valence-electron chi connectivity index (χ1n) is 5.76. The highest BCUT2D eigenvalue weighted by atomic mass is 32.2. The van der Waals surface area contributed by atoms with E-state index < -0.39 is 0 Å². The zero-order valence-electron chi connectivity index (χ0n) is 10.4. The molecule has 2 aromatic rings. The van der Waals surface area contributed by atoms with Crippen LogP contribution in [0, 0.1) is 5.82 Å². The number of pyridine rings is 1. The van der Waals surface area contributed by atoms with E-state index in [2.05, 4.69) is 10.3 Å². The molecular weight excluding hydrogens is 247 g/mol. The van der Waals surface area contributed by atoms with Crippen LogP contribution in [0.5, 0.6) is 0 Å². The Kier molecular flexibility index (Phi) is 4.33. The van der Waals surface area contributed by atoms with Crippen LogP contribution in [0.2, 0.25) is 0 Å². The molecule has 0 amide bonds. The molecular formula is C14H15FN2S. The van der Waals surface area contributed by atoms with Crippen LogP contribution in [-0.4, -0.2) is 12.0 Å². The third-order valence-electron chi connectivity index (χ3n) is 2.76. The molecule has 1 atom stereocenters. The van der Waals surface area contributed by atoms with Gasteiger partial charge in [-0.2, -0.15) is 0 Å². The van der Waals surface area contributed by atoms with Crippen LogP contribution in [0.25, 0.3) is 0 Å². The first-order valence-corrected chi connectivity index (χ1v) is 6.57. The Morgan fingerprint density at radius 2 is 1.94 bits per heavy atom. The van der Waals surface area contributed by atoms with Crippen LogP contribution in [0.1, 0.15) is 18.5 Å². The van der Waals surface area contributed by atoms with Gasteiger partial charge in [0.05, 0.1) is 0 Å². The van der Waals surface area contributed by atoms with Gasteiger partial charge in [-0.3, -0.25) is 4.98 Å². The molecule has 1 unspecified atom stereocenters. The summed E-state index contributed by atoms with van der Waals surface area (Å²) in [4.78, 5) is 5.97. The van der Waals surface area contributed by atoms with Gasteiger partial charge in [0.15, 0.2) is 0 Å². The van der Waals surface area contributed by atoms with Gasteiger partial charge in [0.25, 0.3) is 0 Å². The van der Waals surface area contributed by atoms with Gasteiger partial charge in [0, 0.05) is 33.8 Å². The number of halogens is 1. The molecule has 0 aliphatic rings. The van der Waals surface area contributed by atoms with Gasteiger partial charge in [0.2, 0.25) is 0 Å². The van der Waals surface area contributed by atoms with Crippen molar-refractivity contribution in [2.45, 2.75) is 22.8 Å². The van der Waals surface area contributed by atoms with Crippen molar-refractivity contribution >= 4 is 11.8 Å². The lowest BCUT2D eigenvalue weighted by molar-refractivity contribution is 0.552. The Morgan fingerprint density at radius 1 is 1.22 bits per heavy atom. The van der Waals surface area contributed by atoms with Gasteiger partial charge in [-0.1, -0.05) is 17.8 Å². The fourth-order valence-electron chi connectivity index (χ4n) is 1.70. The Labute approximate surface area is 111 Å². The number of nitrogens with zero attached hydrogens (tertiary/aromatic N) is 1. The standard InChI is InChI=1S/C14H15FN2S/c1-10(16-2)14-12(15)4-3-5-13(14)18-11-6-8-17-9-7-11/h3-10,16H,1-2H3. The maximum Gasteiger partial charge on any atom is 0.129 e. The average Bonchev–Trinajstić information content (AvgIpc) is 2.39. The normalized spacial score (nSPS) is 12.4. The molecule has 1 aromatic carbocycles. The molecule has 0 spiro atoms. The van der Waals surface area contributed by atoms with Crippen molar-refractivity contribution in [3.8, 4) is 0 Å². The first-order chi connectivity index (χ1) is 8.72. The van der Waals surface area contributed by atoms with Crippen molar-refractivity contribution < 1.29 is 4.39 Å². The van der Waals surface area contributed by atoms with Gasteiger partial charge in [-0.05, 0) is 38.2 Å². The minimum atomic E-state index is -0.170. The van der Waals surface area contributed by atoms with Crippen LogP contribution in [0.3, 0.4) is 0 Å². The number of benzene rings is 1. The van der Waals surface area contributed by atoms with E-state index >= 15 is 0 Å². The minimum Gasteiger partial charge on any atom is -0.313 e. The SMILES string of the molecule is CNC(C)c1c(F)cccc1Sc1ccncc1. The van der Waals surface area contributed by atoms with Gasteiger partial charge < -0.3 is 5.32 Å². The highest BCUT2D eigenvalue weighted by Crippen LogP contribution is 2.34. The number of nitrogens with one attached hydrogen (secondary N) is 1. The van der Waals surface area contributed by atoms with Gasteiger partial charge in [-0.25, -0.2) is 4.39 Å². The lowest BCUT2D eigenvalue weighted by atomic mass is 10.1. The van der Waals surface area contributed by atoms with Crippen LogP contribution in [0.4, 0.5) is 4.39 Å². The Morgan fingerprint density at radius 3 is 2.61 bits per heavy atom. The molecule has 0 radical (unpaired) electrons. The molecule has 18 heavy (non-hydrogen) atoms. The average molecular weight is 262 g/mol. The summed E-state index contributed by atoms with van der Waals surface area (Å²) in [6, 6.07) is 9.00. The largest absolute Gasteiger partial charge is 0.313 e. The highest BCUT2D eigenvalue weighted by molar-refractivity contribution is 7.99. The zero-order valence-corrected chi connectivity index (χ0v) is 11.2. The summed E-state index contributed by atoms with van der Waals surface area (Å²) in [5.41, 5.74) is 0.710. The van der Waals surface area contributed by atoms with Crippen molar-refractivity contribution in [1.82, 2.24) is 10.3 Å². The van der Waals surface area contributed by atoms with E-state index in [0.29, 0.717) is 5.56 Å². The van der Waals surface area contributed by atoms with Crippen molar-refractivity contribution in [3.05, 3.63) is 54.1 Å². The van der Waals surface area contributed by atoms with E-state index in [1.165, 1.54) is 6.07 Å². The molecule has 1 heterocycles. The molecule has 1 aromatic heterocycles. The van der Waals surface area contributed by atoms with Crippen LogP contribution in [-0.2, 0) is 0 Å². The van der Waals surface area contributed by atoms with E-state index in [0.717, 1.165) is 9.79 Å². The minimum absolute atomic E-state index is 0.0180. The van der Waals surface area contributed by atoms with Crippen molar-refractivity contribution in [2.24, 2.45) is 0 Å². The van der Waals surface area contributed by atoms with Gasteiger partial charge in [-0.15, -0.1) is 0 Å². The Bertz CT molecular complexity index is 516.